The molecule has 2 atom stereocenters. The molecule has 0 saturated heterocycles. The highest BCUT2D eigenvalue weighted by Gasteiger charge is 2.38. The largest absolute Gasteiger partial charge is 0.497 e. The number of ether oxygens (including phenoxy) is 3. The molecule has 0 heterocycles. The maximum Gasteiger partial charge on any atom is 0.330 e. The SMILES string of the molecule is COc1ccc(C(OCN(CC(=O)OP(F)P)c2ccc([NH+]=Nc3ccccc3)cc2)(c2ccccc2)c2ccc(OC)cc2)cc1. The second-order valence-corrected chi connectivity index (χ2v) is 12.3. The molecule has 0 saturated carbocycles. The Morgan fingerprint density at radius 2 is 1.28 bits per heavy atom. The first-order valence-corrected chi connectivity index (χ1v) is 17.4. The van der Waals surface area contributed by atoms with Crippen molar-refractivity contribution in [3.63, 3.8) is 0 Å². The molecule has 0 spiro atoms. The molecule has 240 valence electrons. The average Bonchev–Trinajstić information content (AvgIpc) is 3.12. The fourth-order valence-corrected chi connectivity index (χ4v) is 5.73. The van der Waals surface area contributed by atoms with E-state index in [1.807, 2.05) is 142 Å². The lowest BCUT2D eigenvalue weighted by molar-refractivity contribution is -0.433. The van der Waals surface area contributed by atoms with Crippen LogP contribution in [0.5, 0.6) is 11.5 Å². The predicted octanol–water partition coefficient (Wildman–Crippen LogP) is 7.59. The lowest BCUT2D eigenvalue weighted by Gasteiger charge is -2.38. The van der Waals surface area contributed by atoms with Crippen LogP contribution in [-0.4, -0.2) is 33.5 Å². The lowest BCUT2D eigenvalue weighted by atomic mass is 9.80. The zero-order valence-electron chi connectivity index (χ0n) is 26.0. The van der Waals surface area contributed by atoms with Crippen molar-refractivity contribution >= 4 is 40.1 Å². The van der Waals surface area contributed by atoms with Crippen molar-refractivity contribution in [3.8, 4) is 11.5 Å². The Labute approximate surface area is 277 Å². The van der Waals surface area contributed by atoms with E-state index in [1.165, 1.54) is 0 Å². The maximum absolute atomic E-state index is 13.7. The molecule has 0 bridgehead atoms. The van der Waals surface area contributed by atoms with Crippen LogP contribution in [0.25, 0.3) is 0 Å². The number of rotatable bonds is 14. The van der Waals surface area contributed by atoms with Crippen molar-refractivity contribution in [2.24, 2.45) is 5.11 Å². The molecule has 0 amide bonds. The summed E-state index contributed by atoms with van der Waals surface area (Å²) in [6.45, 7) is -0.321. The average molecular weight is 671 g/mol. The van der Waals surface area contributed by atoms with E-state index in [1.54, 1.807) is 19.1 Å². The summed E-state index contributed by atoms with van der Waals surface area (Å²) in [5.41, 5.74) is 3.57. The van der Waals surface area contributed by atoms with Crippen molar-refractivity contribution in [3.05, 3.63) is 150 Å². The van der Waals surface area contributed by atoms with Crippen LogP contribution in [0.15, 0.2) is 139 Å². The molecule has 2 unspecified atom stereocenters. The number of nitrogens with zero attached hydrogens (tertiary/aromatic N) is 2. The molecule has 11 heteroatoms. The van der Waals surface area contributed by atoms with E-state index < -0.39 is 19.7 Å². The van der Waals surface area contributed by atoms with E-state index in [0.29, 0.717) is 17.2 Å². The van der Waals surface area contributed by atoms with Gasteiger partial charge < -0.3 is 23.6 Å². The number of hydrogen-bond donors (Lipinski definition) is 1. The Bertz CT molecular complexity index is 1700. The molecule has 0 aromatic heterocycles. The van der Waals surface area contributed by atoms with E-state index in [9.17, 15) is 8.99 Å². The van der Waals surface area contributed by atoms with Gasteiger partial charge in [0.25, 0.3) is 8.15 Å². The molecule has 8 nitrogen and oxygen atoms in total. The van der Waals surface area contributed by atoms with Crippen LogP contribution in [-0.2, 0) is 19.7 Å². The van der Waals surface area contributed by atoms with Gasteiger partial charge in [-0.1, -0.05) is 77.9 Å². The molecule has 47 heavy (non-hydrogen) atoms. The quantitative estimate of drug-likeness (QED) is 0.0568. The molecule has 0 aliphatic rings. The van der Waals surface area contributed by atoms with Crippen molar-refractivity contribution in [2.75, 3.05) is 32.4 Å². The summed E-state index contributed by atoms with van der Waals surface area (Å²) in [7, 11) is 2.66. The van der Waals surface area contributed by atoms with Crippen LogP contribution < -0.4 is 19.5 Å². The van der Waals surface area contributed by atoms with Gasteiger partial charge in [-0.25, -0.2) is 4.79 Å². The van der Waals surface area contributed by atoms with Crippen LogP contribution in [0, 0.1) is 0 Å². The minimum atomic E-state index is -2.47. The normalized spacial score (nSPS) is 12.0. The maximum atomic E-state index is 13.7. The van der Waals surface area contributed by atoms with Crippen molar-refractivity contribution < 1.29 is 32.8 Å². The molecule has 5 aromatic rings. The Hall–Kier alpha value is -4.68. The van der Waals surface area contributed by atoms with E-state index in [-0.39, 0.29) is 13.3 Å². The smallest absolute Gasteiger partial charge is 0.330 e. The van der Waals surface area contributed by atoms with Gasteiger partial charge in [-0.05, 0) is 79.3 Å². The Balaban J connectivity index is 1.55. The summed E-state index contributed by atoms with van der Waals surface area (Å²) < 4.78 is 36.6. The highest BCUT2D eigenvalue weighted by atomic mass is 32.0. The number of anilines is 1. The van der Waals surface area contributed by atoms with Crippen molar-refractivity contribution in [1.29, 1.82) is 0 Å². The first-order chi connectivity index (χ1) is 22.9. The Morgan fingerprint density at radius 3 is 1.79 bits per heavy atom. The molecule has 5 aromatic carbocycles. The van der Waals surface area contributed by atoms with Crippen LogP contribution in [0.2, 0.25) is 0 Å². The molecule has 5 rings (SSSR count). The number of carbonyl (C=O) groups excluding carboxylic acids is 1. The van der Waals surface area contributed by atoms with Gasteiger partial charge in [0.2, 0.25) is 5.69 Å². The molecular formula is C36H35FN3O5P2+. The van der Waals surface area contributed by atoms with Crippen LogP contribution in [0.1, 0.15) is 16.7 Å². The second-order valence-electron chi connectivity index (χ2n) is 10.3. The molecule has 0 fully saturated rings. The third-order valence-corrected chi connectivity index (χ3v) is 8.12. The molecule has 1 N–H and O–H groups in total. The standard InChI is InChI=1S/C36H34FN3O5P2/c1-42-33-21-13-28(14-22-33)36(27-9-5-3-6-10-27,29-15-23-34(43-2)24-16-29)44-26-40(25-35(41)45-47(37)46)32-19-17-31(18-20-32)39-38-30-11-7-4-8-12-30/h3-24H,25-26,46H2,1-2H3/p+1. The van der Waals surface area contributed by atoms with Crippen molar-refractivity contribution in [1.82, 2.24) is 0 Å². The number of carbonyl (C=O) groups is 1. The summed E-state index contributed by atoms with van der Waals surface area (Å²) in [4.78, 5) is 14.5. The highest BCUT2D eigenvalue weighted by molar-refractivity contribution is 8.08. The van der Waals surface area contributed by atoms with E-state index in [2.05, 4.69) is 10.2 Å². The summed E-state index contributed by atoms with van der Waals surface area (Å²) in [6, 6.07) is 42.0. The van der Waals surface area contributed by atoms with E-state index >= 15 is 0 Å². The molecule has 0 radical (unpaired) electrons. The minimum absolute atomic E-state index is 0.0652. The van der Waals surface area contributed by atoms with Gasteiger partial charge in [-0.15, -0.1) is 0 Å². The summed E-state index contributed by atoms with van der Waals surface area (Å²) in [5.74, 6) is 0.669. The Kier molecular flexibility index (Phi) is 11.6. The zero-order chi connectivity index (χ0) is 33.1. The lowest BCUT2D eigenvalue weighted by Crippen LogP contribution is -2.57. The van der Waals surface area contributed by atoms with Gasteiger partial charge in [0.05, 0.1) is 14.2 Å². The fraction of sp³-hybridized carbons (Fsp3) is 0.139. The van der Waals surface area contributed by atoms with Gasteiger partial charge >= 0.3 is 5.97 Å². The number of para-hydroxylation sites is 1. The minimum Gasteiger partial charge on any atom is -0.497 e. The third kappa shape index (κ3) is 8.57. The predicted molar refractivity (Wildman–Crippen MR) is 185 cm³/mol. The number of halogens is 1. The van der Waals surface area contributed by atoms with E-state index in [0.717, 1.165) is 28.1 Å². The topological polar surface area (TPSA) is 83.6 Å². The Morgan fingerprint density at radius 1 is 0.766 bits per heavy atom. The number of benzene rings is 5. The van der Waals surface area contributed by atoms with Crippen LogP contribution in [0.3, 0.4) is 0 Å². The van der Waals surface area contributed by atoms with Gasteiger partial charge in [0.1, 0.15) is 36.1 Å². The number of methoxy groups -OCH3 is 2. The van der Waals surface area contributed by atoms with E-state index in [4.69, 9.17) is 18.7 Å². The summed E-state index contributed by atoms with van der Waals surface area (Å²) >= 11 is 0. The highest BCUT2D eigenvalue weighted by Crippen LogP contribution is 2.47. The molecule has 0 aliphatic heterocycles. The fourth-order valence-electron chi connectivity index (χ4n) is 5.12. The van der Waals surface area contributed by atoms with Crippen LogP contribution >= 0.6 is 17.1 Å². The second kappa shape index (κ2) is 16.2. The third-order valence-electron chi connectivity index (χ3n) is 7.42. The first kappa shape index (κ1) is 33.7. The van der Waals surface area contributed by atoms with Gasteiger partial charge in [-0.2, -0.15) is 4.20 Å². The van der Waals surface area contributed by atoms with Crippen molar-refractivity contribution in [2.45, 2.75) is 5.60 Å². The van der Waals surface area contributed by atoms with Gasteiger partial charge in [-0.3, -0.25) is 0 Å². The summed E-state index contributed by atoms with van der Waals surface area (Å²) in [6.07, 6.45) is 0. The molecular weight excluding hydrogens is 635 g/mol. The number of nitrogens with one attached hydrogen (secondary N) is 1. The number of hydrogen-bond acceptors (Lipinski definition) is 7. The number of azo groups is 1. The van der Waals surface area contributed by atoms with Crippen LogP contribution in [0.4, 0.5) is 21.3 Å². The summed E-state index contributed by atoms with van der Waals surface area (Å²) in [5, 5.41) is 7.45. The van der Waals surface area contributed by atoms with Gasteiger partial charge in [0, 0.05) is 17.8 Å². The first-order valence-electron chi connectivity index (χ1n) is 14.7. The monoisotopic (exact) mass is 670 g/mol. The zero-order valence-corrected chi connectivity index (χ0v) is 28.0. The molecule has 0 aliphatic carbocycles. The van der Waals surface area contributed by atoms with Gasteiger partial charge in [0.15, 0.2) is 0 Å².